The monoisotopic (exact) mass is 358 g/mol. The molecule has 0 saturated heterocycles. The fraction of sp³-hybridized carbons (Fsp3) is 0.111. The summed E-state index contributed by atoms with van der Waals surface area (Å²) in [5.41, 5.74) is 0.812. The van der Waals surface area contributed by atoms with Gasteiger partial charge in [-0.3, -0.25) is 14.5 Å². The van der Waals surface area contributed by atoms with Crippen LogP contribution in [-0.4, -0.2) is 35.0 Å². The Morgan fingerprint density at radius 1 is 1.00 bits per heavy atom. The lowest BCUT2D eigenvalue weighted by Crippen LogP contribution is -2.34. The SMILES string of the molecule is O=C1C=C(Nc2ccc(Oc3ccc(Cl)cc3)cc2)C(=O)N1CCO. The van der Waals surface area contributed by atoms with Gasteiger partial charge in [0.25, 0.3) is 11.8 Å². The van der Waals surface area contributed by atoms with Crippen molar-refractivity contribution in [3.63, 3.8) is 0 Å². The molecular weight excluding hydrogens is 344 g/mol. The third-order valence-electron chi connectivity index (χ3n) is 3.52. The Kier molecular flexibility index (Phi) is 5.02. The van der Waals surface area contributed by atoms with E-state index >= 15 is 0 Å². The largest absolute Gasteiger partial charge is 0.457 e. The van der Waals surface area contributed by atoms with E-state index in [1.54, 1.807) is 48.5 Å². The average molecular weight is 359 g/mol. The lowest BCUT2D eigenvalue weighted by atomic mass is 10.2. The number of carbonyl (C=O) groups is 2. The third-order valence-corrected chi connectivity index (χ3v) is 3.77. The predicted octanol–water partition coefficient (Wildman–Crippen LogP) is 2.79. The van der Waals surface area contributed by atoms with E-state index in [1.165, 1.54) is 6.08 Å². The summed E-state index contributed by atoms with van der Waals surface area (Å²) in [6, 6.07) is 13.9. The number of rotatable bonds is 6. The number of anilines is 1. The number of aliphatic hydroxyl groups is 1. The number of benzene rings is 2. The third kappa shape index (κ3) is 3.99. The van der Waals surface area contributed by atoms with Gasteiger partial charge in [-0.15, -0.1) is 0 Å². The minimum Gasteiger partial charge on any atom is -0.457 e. The molecule has 0 aliphatic carbocycles. The van der Waals surface area contributed by atoms with Gasteiger partial charge in [-0.1, -0.05) is 11.6 Å². The molecule has 25 heavy (non-hydrogen) atoms. The first-order valence-corrected chi connectivity index (χ1v) is 7.93. The number of imide groups is 1. The quantitative estimate of drug-likeness (QED) is 0.776. The van der Waals surface area contributed by atoms with Crippen LogP contribution in [0, 0.1) is 0 Å². The molecule has 1 heterocycles. The molecule has 0 bridgehead atoms. The molecule has 0 atom stereocenters. The minimum absolute atomic E-state index is 0.0206. The number of ether oxygens (including phenoxy) is 1. The van der Waals surface area contributed by atoms with E-state index in [0.717, 1.165) is 4.90 Å². The molecule has 1 aliphatic heterocycles. The second-order valence-corrected chi connectivity index (χ2v) is 5.72. The van der Waals surface area contributed by atoms with Crippen molar-refractivity contribution >= 4 is 29.1 Å². The first kappa shape index (κ1) is 17.0. The molecule has 3 rings (SSSR count). The molecule has 7 heteroatoms. The first-order valence-electron chi connectivity index (χ1n) is 7.56. The number of aliphatic hydroxyl groups excluding tert-OH is 1. The molecule has 0 fully saturated rings. The number of β-amino-alcohol motifs (C(OH)–C–C–N with tert-alkyl or cyclic N) is 1. The Balaban J connectivity index is 1.65. The van der Waals surface area contributed by atoms with Gasteiger partial charge in [-0.2, -0.15) is 0 Å². The van der Waals surface area contributed by atoms with Crippen LogP contribution >= 0.6 is 11.6 Å². The molecule has 2 amide bonds. The highest BCUT2D eigenvalue weighted by Gasteiger charge is 2.30. The average Bonchev–Trinajstić information content (AvgIpc) is 2.86. The van der Waals surface area contributed by atoms with Crippen LogP contribution in [0.3, 0.4) is 0 Å². The van der Waals surface area contributed by atoms with E-state index in [9.17, 15) is 9.59 Å². The maximum absolute atomic E-state index is 12.1. The van der Waals surface area contributed by atoms with E-state index in [4.69, 9.17) is 21.4 Å². The Morgan fingerprint density at radius 3 is 2.20 bits per heavy atom. The van der Waals surface area contributed by atoms with Crippen LogP contribution in [0.5, 0.6) is 11.5 Å². The lowest BCUT2D eigenvalue weighted by molar-refractivity contribution is -0.137. The van der Waals surface area contributed by atoms with Gasteiger partial charge in [0.15, 0.2) is 0 Å². The van der Waals surface area contributed by atoms with E-state index in [1.807, 2.05) is 0 Å². The smallest absolute Gasteiger partial charge is 0.277 e. The van der Waals surface area contributed by atoms with Gasteiger partial charge in [-0.05, 0) is 48.5 Å². The summed E-state index contributed by atoms with van der Waals surface area (Å²) in [6.45, 7) is -0.289. The molecule has 6 nitrogen and oxygen atoms in total. The highest BCUT2D eigenvalue weighted by molar-refractivity contribution is 6.30. The molecule has 2 aromatic carbocycles. The van der Waals surface area contributed by atoms with Crippen LogP contribution in [0.2, 0.25) is 5.02 Å². The molecule has 2 N–H and O–H groups in total. The number of hydrogen-bond acceptors (Lipinski definition) is 5. The van der Waals surface area contributed by atoms with Gasteiger partial charge >= 0.3 is 0 Å². The van der Waals surface area contributed by atoms with Crippen molar-refractivity contribution in [2.75, 3.05) is 18.5 Å². The van der Waals surface area contributed by atoms with Gasteiger partial charge in [0.2, 0.25) is 0 Å². The van der Waals surface area contributed by atoms with Gasteiger partial charge in [0, 0.05) is 16.8 Å². The van der Waals surface area contributed by atoms with Crippen LogP contribution in [0.15, 0.2) is 60.3 Å². The summed E-state index contributed by atoms with van der Waals surface area (Å²) in [6.07, 6.45) is 1.22. The van der Waals surface area contributed by atoms with Crippen LogP contribution in [0.4, 0.5) is 5.69 Å². The zero-order chi connectivity index (χ0) is 17.8. The molecular formula is C18H15ClN2O4. The van der Waals surface area contributed by atoms with Gasteiger partial charge in [-0.25, -0.2) is 0 Å². The maximum Gasteiger partial charge on any atom is 0.277 e. The van der Waals surface area contributed by atoms with Crippen molar-refractivity contribution < 1.29 is 19.4 Å². The summed E-state index contributed by atoms with van der Waals surface area (Å²) >= 11 is 5.83. The summed E-state index contributed by atoms with van der Waals surface area (Å²) in [7, 11) is 0. The van der Waals surface area contributed by atoms with Crippen molar-refractivity contribution in [1.29, 1.82) is 0 Å². The summed E-state index contributed by atoms with van der Waals surface area (Å²) in [4.78, 5) is 24.8. The molecule has 0 saturated carbocycles. The standard InChI is InChI=1S/C18H15ClN2O4/c19-12-1-5-14(6-2-12)25-15-7-3-13(4-8-15)20-16-11-17(23)21(9-10-22)18(16)24/h1-8,11,20,22H,9-10H2. The summed E-state index contributed by atoms with van der Waals surface area (Å²) in [5, 5.41) is 12.4. The van der Waals surface area contributed by atoms with Crippen molar-refractivity contribution in [2.45, 2.75) is 0 Å². The van der Waals surface area contributed by atoms with Crippen LogP contribution < -0.4 is 10.1 Å². The van der Waals surface area contributed by atoms with Crippen molar-refractivity contribution in [3.05, 3.63) is 65.3 Å². The lowest BCUT2D eigenvalue weighted by Gasteiger charge is -2.13. The van der Waals surface area contributed by atoms with Crippen LogP contribution in [0.1, 0.15) is 0 Å². The fourth-order valence-corrected chi connectivity index (χ4v) is 2.44. The number of carbonyl (C=O) groups excluding carboxylic acids is 2. The Hall–Kier alpha value is -2.83. The van der Waals surface area contributed by atoms with E-state index in [-0.39, 0.29) is 18.8 Å². The van der Waals surface area contributed by atoms with E-state index in [2.05, 4.69) is 5.32 Å². The van der Waals surface area contributed by atoms with Crippen molar-refractivity contribution in [2.24, 2.45) is 0 Å². The highest BCUT2D eigenvalue weighted by atomic mass is 35.5. The number of amides is 2. The second kappa shape index (κ2) is 7.38. The molecule has 0 unspecified atom stereocenters. The Bertz CT molecular complexity index is 816. The first-order chi connectivity index (χ1) is 12.1. The summed E-state index contributed by atoms with van der Waals surface area (Å²) < 4.78 is 5.69. The van der Waals surface area contributed by atoms with E-state index in [0.29, 0.717) is 22.2 Å². The molecule has 0 radical (unpaired) electrons. The molecule has 0 spiro atoms. The number of nitrogens with one attached hydrogen (secondary N) is 1. The second-order valence-electron chi connectivity index (χ2n) is 5.28. The Labute approximate surface area is 149 Å². The number of halogens is 1. The van der Waals surface area contributed by atoms with Gasteiger partial charge in [0.1, 0.15) is 17.2 Å². The number of nitrogens with zero attached hydrogens (tertiary/aromatic N) is 1. The van der Waals surface area contributed by atoms with Crippen molar-refractivity contribution in [1.82, 2.24) is 4.90 Å². The van der Waals surface area contributed by atoms with Gasteiger partial charge < -0.3 is 15.2 Å². The van der Waals surface area contributed by atoms with Gasteiger partial charge in [0.05, 0.1) is 13.2 Å². The zero-order valence-electron chi connectivity index (χ0n) is 13.1. The highest BCUT2D eigenvalue weighted by Crippen LogP contribution is 2.25. The maximum atomic E-state index is 12.1. The van der Waals surface area contributed by atoms with E-state index < -0.39 is 11.8 Å². The molecule has 128 valence electrons. The zero-order valence-corrected chi connectivity index (χ0v) is 13.9. The fourth-order valence-electron chi connectivity index (χ4n) is 2.31. The normalized spacial score (nSPS) is 13.8. The predicted molar refractivity (Wildman–Crippen MR) is 93.5 cm³/mol. The van der Waals surface area contributed by atoms with Crippen molar-refractivity contribution in [3.8, 4) is 11.5 Å². The molecule has 2 aromatic rings. The summed E-state index contributed by atoms with van der Waals surface area (Å²) in [5.74, 6) is 0.381. The number of hydrogen-bond donors (Lipinski definition) is 2. The Morgan fingerprint density at radius 2 is 1.60 bits per heavy atom. The molecule has 1 aliphatic rings. The molecule has 0 aromatic heterocycles. The minimum atomic E-state index is -0.458. The van der Waals surface area contributed by atoms with Crippen LogP contribution in [-0.2, 0) is 9.59 Å². The topological polar surface area (TPSA) is 78.9 Å². The van der Waals surface area contributed by atoms with Crippen LogP contribution in [0.25, 0.3) is 0 Å².